The number of carbonyl (C=O) groups is 2. The summed E-state index contributed by atoms with van der Waals surface area (Å²) >= 11 is 0. The maximum atomic E-state index is 13.8. The zero-order valence-corrected chi connectivity index (χ0v) is 19.2. The number of hydrogen-bond donors (Lipinski definition) is 1. The summed E-state index contributed by atoms with van der Waals surface area (Å²) in [5.41, 5.74) is 1.68. The zero-order valence-electron chi connectivity index (χ0n) is 18.4. The summed E-state index contributed by atoms with van der Waals surface area (Å²) in [5.74, 6) is -0.927. The lowest BCUT2D eigenvalue weighted by atomic mass is 9.95. The highest BCUT2D eigenvalue weighted by Gasteiger charge is 2.44. The lowest BCUT2D eigenvalue weighted by Crippen LogP contribution is -2.55. The van der Waals surface area contributed by atoms with Crippen LogP contribution in [0.3, 0.4) is 0 Å². The largest absolute Gasteiger partial charge is 0.493 e. The molecule has 2 heterocycles. The normalized spacial score (nSPS) is 20.8. The molecule has 10 heteroatoms. The lowest BCUT2D eigenvalue weighted by molar-refractivity contribution is -0.149. The van der Waals surface area contributed by atoms with Gasteiger partial charge in [-0.1, -0.05) is 24.3 Å². The van der Waals surface area contributed by atoms with Gasteiger partial charge in [0.2, 0.25) is 15.9 Å². The van der Waals surface area contributed by atoms with Crippen molar-refractivity contribution in [3.05, 3.63) is 53.6 Å². The fraction of sp³-hybridized carbons (Fsp3) is 0.391. The van der Waals surface area contributed by atoms with E-state index in [0.717, 1.165) is 11.1 Å². The third kappa shape index (κ3) is 4.16. The van der Waals surface area contributed by atoms with Crippen molar-refractivity contribution in [1.82, 2.24) is 9.21 Å². The number of methoxy groups -OCH3 is 2. The van der Waals surface area contributed by atoms with E-state index in [1.165, 1.54) is 41.6 Å². The Morgan fingerprint density at radius 2 is 1.70 bits per heavy atom. The van der Waals surface area contributed by atoms with Gasteiger partial charge in [-0.2, -0.15) is 4.31 Å². The van der Waals surface area contributed by atoms with E-state index >= 15 is 0 Å². The van der Waals surface area contributed by atoms with Crippen LogP contribution in [0.4, 0.5) is 0 Å². The summed E-state index contributed by atoms with van der Waals surface area (Å²) in [7, 11) is -1.25. The van der Waals surface area contributed by atoms with E-state index in [4.69, 9.17) is 9.47 Å². The van der Waals surface area contributed by atoms with Crippen molar-refractivity contribution in [2.45, 2.75) is 42.8 Å². The number of fused-ring (bicyclic) bond motifs is 1. The molecular formula is C23H26N2O7S. The minimum Gasteiger partial charge on any atom is -0.493 e. The number of nitrogens with zero attached hydrogens (tertiary/aromatic N) is 2. The minimum atomic E-state index is -4.12. The van der Waals surface area contributed by atoms with Gasteiger partial charge in [0.05, 0.1) is 19.1 Å². The summed E-state index contributed by atoms with van der Waals surface area (Å²) in [6.07, 6.45) is 1.09. The Bertz CT molecular complexity index is 1180. The van der Waals surface area contributed by atoms with Gasteiger partial charge < -0.3 is 19.5 Å². The standard InChI is InChI=1S/C23H26N2O7S/c1-31-20-10-9-17(13-21(20)32-2)33(29,30)25-14-16-7-4-3-6-15(16)12-19(25)22(26)24-11-5-8-18(24)23(27)28/h3-4,6-7,9-10,13,18-19H,5,8,11-12,14H2,1-2H3,(H,27,28)/t18?,19-/m0/s1. The maximum absolute atomic E-state index is 13.8. The van der Waals surface area contributed by atoms with Crippen LogP contribution in [0.15, 0.2) is 47.4 Å². The number of aliphatic carboxylic acids is 1. The molecule has 9 nitrogen and oxygen atoms in total. The average Bonchev–Trinajstić information content (AvgIpc) is 3.32. The Hall–Kier alpha value is -3.11. The molecule has 176 valence electrons. The summed E-state index contributed by atoms with van der Waals surface area (Å²) < 4.78 is 39.2. The van der Waals surface area contributed by atoms with E-state index < -0.39 is 34.0 Å². The molecule has 1 saturated heterocycles. The fourth-order valence-electron chi connectivity index (χ4n) is 4.55. The number of carboxylic acid groups (broad SMARTS) is 1. The highest BCUT2D eigenvalue weighted by Crippen LogP contribution is 2.35. The van der Waals surface area contributed by atoms with Crippen LogP contribution < -0.4 is 9.47 Å². The van der Waals surface area contributed by atoms with E-state index in [2.05, 4.69) is 0 Å². The molecule has 1 unspecified atom stereocenters. The summed E-state index contributed by atoms with van der Waals surface area (Å²) in [6, 6.07) is 9.66. The average molecular weight is 475 g/mol. The van der Waals surface area contributed by atoms with E-state index in [9.17, 15) is 23.1 Å². The lowest BCUT2D eigenvalue weighted by Gasteiger charge is -2.37. The highest BCUT2D eigenvalue weighted by molar-refractivity contribution is 7.89. The van der Waals surface area contributed by atoms with E-state index in [1.807, 2.05) is 24.3 Å². The van der Waals surface area contributed by atoms with Crippen molar-refractivity contribution in [2.75, 3.05) is 20.8 Å². The maximum Gasteiger partial charge on any atom is 0.326 e. The molecule has 2 atom stereocenters. The molecule has 4 rings (SSSR count). The van der Waals surface area contributed by atoms with Gasteiger partial charge in [-0.05, 0) is 42.5 Å². The second-order valence-electron chi connectivity index (χ2n) is 8.08. The van der Waals surface area contributed by atoms with Crippen LogP contribution >= 0.6 is 0 Å². The van der Waals surface area contributed by atoms with Gasteiger partial charge in [-0.15, -0.1) is 0 Å². The Morgan fingerprint density at radius 1 is 1.00 bits per heavy atom. The molecule has 0 saturated carbocycles. The number of benzene rings is 2. The van der Waals surface area contributed by atoms with Crippen molar-refractivity contribution < 1.29 is 32.6 Å². The molecule has 1 fully saturated rings. The first-order valence-corrected chi connectivity index (χ1v) is 12.1. The van der Waals surface area contributed by atoms with E-state index in [0.29, 0.717) is 18.6 Å². The van der Waals surface area contributed by atoms with Crippen molar-refractivity contribution >= 4 is 21.9 Å². The first-order chi connectivity index (χ1) is 15.8. The van der Waals surface area contributed by atoms with Gasteiger partial charge in [-0.25, -0.2) is 13.2 Å². The van der Waals surface area contributed by atoms with Crippen LogP contribution in [-0.2, 0) is 32.6 Å². The second kappa shape index (κ2) is 9.03. The topological polar surface area (TPSA) is 113 Å². The fourth-order valence-corrected chi connectivity index (χ4v) is 6.13. The van der Waals surface area contributed by atoms with Gasteiger partial charge in [0.15, 0.2) is 11.5 Å². The van der Waals surface area contributed by atoms with Crippen LogP contribution in [0.5, 0.6) is 11.5 Å². The smallest absolute Gasteiger partial charge is 0.326 e. The quantitative estimate of drug-likeness (QED) is 0.680. The molecule has 1 N–H and O–H groups in total. The molecule has 0 aliphatic carbocycles. The van der Waals surface area contributed by atoms with Crippen LogP contribution in [0.25, 0.3) is 0 Å². The van der Waals surface area contributed by atoms with Gasteiger partial charge in [0, 0.05) is 19.2 Å². The monoisotopic (exact) mass is 474 g/mol. The first-order valence-electron chi connectivity index (χ1n) is 10.6. The van der Waals surface area contributed by atoms with Gasteiger partial charge in [0.25, 0.3) is 0 Å². The molecule has 2 aliphatic heterocycles. The molecule has 0 aromatic heterocycles. The number of carboxylic acids is 1. The second-order valence-corrected chi connectivity index (χ2v) is 9.97. The predicted molar refractivity (Wildman–Crippen MR) is 119 cm³/mol. The molecule has 2 aromatic rings. The summed E-state index contributed by atoms with van der Waals surface area (Å²) in [6.45, 7) is 0.299. The Morgan fingerprint density at radius 3 is 2.36 bits per heavy atom. The number of amides is 1. The molecule has 2 aromatic carbocycles. The summed E-state index contributed by atoms with van der Waals surface area (Å²) in [4.78, 5) is 26.5. The molecule has 0 bridgehead atoms. The van der Waals surface area contributed by atoms with Gasteiger partial charge in [-0.3, -0.25) is 4.79 Å². The van der Waals surface area contributed by atoms with Crippen LogP contribution in [0.2, 0.25) is 0 Å². The van der Waals surface area contributed by atoms with Crippen molar-refractivity contribution in [1.29, 1.82) is 0 Å². The van der Waals surface area contributed by atoms with Crippen molar-refractivity contribution in [3.63, 3.8) is 0 Å². The van der Waals surface area contributed by atoms with Gasteiger partial charge >= 0.3 is 5.97 Å². The molecule has 0 radical (unpaired) electrons. The number of rotatable bonds is 6. The Kier molecular flexibility index (Phi) is 6.31. The zero-order chi connectivity index (χ0) is 23.8. The molecule has 0 spiro atoms. The van der Waals surface area contributed by atoms with Crippen LogP contribution in [-0.4, -0.2) is 67.5 Å². The van der Waals surface area contributed by atoms with Crippen molar-refractivity contribution in [2.24, 2.45) is 0 Å². The van der Waals surface area contributed by atoms with Gasteiger partial charge in [0.1, 0.15) is 12.1 Å². The number of carbonyl (C=O) groups excluding carboxylic acids is 1. The molecular weight excluding hydrogens is 448 g/mol. The molecule has 2 aliphatic rings. The highest BCUT2D eigenvalue weighted by atomic mass is 32.2. The Balaban J connectivity index is 1.76. The number of likely N-dealkylation sites (tertiary alicyclic amines) is 1. The molecule has 33 heavy (non-hydrogen) atoms. The first kappa shape index (κ1) is 23.1. The Labute approximate surface area is 192 Å². The third-order valence-electron chi connectivity index (χ3n) is 6.27. The third-order valence-corrected chi connectivity index (χ3v) is 8.12. The number of hydrogen-bond acceptors (Lipinski definition) is 6. The predicted octanol–water partition coefficient (Wildman–Crippen LogP) is 1.89. The summed E-state index contributed by atoms with van der Waals surface area (Å²) in [5, 5.41) is 9.55. The number of sulfonamides is 1. The van der Waals surface area contributed by atoms with Crippen LogP contribution in [0.1, 0.15) is 24.0 Å². The molecule has 1 amide bonds. The van der Waals surface area contributed by atoms with Crippen LogP contribution in [0, 0.1) is 0 Å². The van der Waals surface area contributed by atoms with Crippen molar-refractivity contribution in [3.8, 4) is 11.5 Å². The minimum absolute atomic E-state index is 0.00877. The number of ether oxygens (including phenoxy) is 2. The van der Waals surface area contributed by atoms with E-state index in [1.54, 1.807) is 0 Å². The SMILES string of the molecule is COc1ccc(S(=O)(=O)N2Cc3ccccc3C[C@H]2C(=O)N2CCCC2C(=O)O)cc1OC. The van der Waals surface area contributed by atoms with E-state index in [-0.39, 0.29) is 30.2 Å².